The second-order valence-corrected chi connectivity index (χ2v) is 4.28. The molecule has 0 radical (unpaired) electrons. The van der Waals surface area contributed by atoms with Gasteiger partial charge in [0, 0.05) is 17.4 Å². The van der Waals surface area contributed by atoms with E-state index in [9.17, 15) is 14.0 Å². The van der Waals surface area contributed by atoms with Crippen LogP contribution in [-0.2, 0) is 11.3 Å². The van der Waals surface area contributed by atoms with E-state index >= 15 is 0 Å². The molecule has 0 aliphatic heterocycles. The zero-order valence-corrected chi connectivity index (χ0v) is 10.8. The number of rotatable bonds is 3. The van der Waals surface area contributed by atoms with Gasteiger partial charge in [0.15, 0.2) is 0 Å². The van der Waals surface area contributed by atoms with E-state index in [1.807, 2.05) is 0 Å². The van der Waals surface area contributed by atoms with Gasteiger partial charge in [0.05, 0.1) is 12.0 Å². The van der Waals surface area contributed by atoms with Crippen molar-refractivity contribution in [3.63, 3.8) is 0 Å². The predicted octanol–water partition coefficient (Wildman–Crippen LogP) is 0.912. The van der Waals surface area contributed by atoms with Gasteiger partial charge in [-0.1, -0.05) is 0 Å². The van der Waals surface area contributed by atoms with Crippen LogP contribution in [0.3, 0.4) is 0 Å². The van der Waals surface area contributed by atoms with Crippen LogP contribution in [-0.4, -0.2) is 15.5 Å². The molecular formula is C13H13FN4O2. The fourth-order valence-corrected chi connectivity index (χ4v) is 1.61. The summed E-state index contributed by atoms with van der Waals surface area (Å²) in [4.78, 5) is 27.3. The van der Waals surface area contributed by atoms with Crippen LogP contribution in [0.2, 0.25) is 0 Å². The van der Waals surface area contributed by atoms with Crippen molar-refractivity contribution in [3.8, 4) is 0 Å². The molecule has 0 saturated carbocycles. The van der Waals surface area contributed by atoms with E-state index in [0.717, 1.165) is 6.07 Å². The third-order valence-electron chi connectivity index (χ3n) is 2.61. The molecule has 1 amide bonds. The van der Waals surface area contributed by atoms with Gasteiger partial charge >= 0.3 is 0 Å². The third kappa shape index (κ3) is 3.19. The standard InChI is InChI=1S/C13H13FN4O2/c1-8-4-13(20)18(7-16-8)6-12(19)17-9-2-3-10(14)11(15)5-9/h2-5,7H,6,15H2,1H3,(H,17,19). The van der Waals surface area contributed by atoms with Crippen molar-refractivity contribution in [1.82, 2.24) is 9.55 Å². The lowest BCUT2D eigenvalue weighted by atomic mass is 10.2. The summed E-state index contributed by atoms with van der Waals surface area (Å²) < 4.78 is 14.2. The molecule has 0 saturated heterocycles. The molecule has 3 N–H and O–H groups in total. The van der Waals surface area contributed by atoms with Crippen LogP contribution >= 0.6 is 0 Å². The van der Waals surface area contributed by atoms with E-state index in [4.69, 9.17) is 5.73 Å². The van der Waals surface area contributed by atoms with Crippen molar-refractivity contribution >= 4 is 17.3 Å². The predicted molar refractivity (Wildman–Crippen MR) is 72.7 cm³/mol. The molecule has 0 spiro atoms. The van der Waals surface area contributed by atoms with Crippen LogP contribution in [0.4, 0.5) is 15.8 Å². The number of nitrogens with zero attached hydrogens (tertiary/aromatic N) is 2. The van der Waals surface area contributed by atoms with Gasteiger partial charge in [0.25, 0.3) is 5.56 Å². The van der Waals surface area contributed by atoms with Gasteiger partial charge in [0.1, 0.15) is 12.4 Å². The number of nitrogens with one attached hydrogen (secondary N) is 1. The Hall–Kier alpha value is -2.70. The second kappa shape index (κ2) is 5.52. The van der Waals surface area contributed by atoms with Gasteiger partial charge in [-0.25, -0.2) is 9.37 Å². The number of nitrogen functional groups attached to an aromatic ring is 1. The van der Waals surface area contributed by atoms with E-state index in [0.29, 0.717) is 11.4 Å². The number of anilines is 2. The number of halogens is 1. The smallest absolute Gasteiger partial charge is 0.253 e. The molecule has 0 atom stereocenters. The summed E-state index contributed by atoms with van der Waals surface area (Å²) in [6.45, 7) is 1.51. The first-order valence-electron chi connectivity index (χ1n) is 5.83. The third-order valence-corrected chi connectivity index (χ3v) is 2.61. The van der Waals surface area contributed by atoms with E-state index in [1.54, 1.807) is 6.92 Å². The van der Waals surface area contributed by atoms with Gasteiger partial charge in [-0.3, -0.25) is 14.2 Å². The number of amides is 1. The number of aryl methyl sites for hydroxylation is 1. The topological polar surface area (TPSA) is 90.0 Å². The fourth-order valence-electron chi connectivity index (χ4n) is 1.61. The van der Waals surface area contributed by atoms with Crippen molar-refractivity contribution in [3.05, 3.63) is 52.5 Å². The lowest BCUT2D eigenvalue weighted by Gasteiger charge is -2.08. The molecule has 0 bridgehead atoms. The Morgan fingerprint density at radius 1 is 1.45 bits per heavy atom. The largest absolute Gasteiger partial charge is 0.396 e. The Bertz CT molecular complexity index is 712. The maximum Gasteiger partial charge on any atom is 0.253 e. The second-order valence-electron chi connectivity index (χ2n) is 4.28. The molecule has 2 rings (SSSR count). The number of hydrogen-bond acceptors (Lipinski definition) is 4. The van der Waals surface area contributed by atoms with Crippen molar-refractivity contribution in [2.75, 3.05) is 11.1 Å². The van der Waals surface area contributed by atoms with E-state index in [1.165, 1.54) is 29.1 Å². The number of aromatic nitrogens is 2. The van der Waals surface area contributed by atoms with Crippen LogP contribution < -0.4 is 16.6 Å². The zero-order valence-electron chi connectivity index (χ0n) is 10.8. The molecule has 104 valence electrons. The molecule has 1 aromatic carbocycles. The number of benzene rings is 1. The highest BCUT2D eigenvalue weighted by molar-refractivity contribution is 5.91. The first kappa shape index (κ1) is 13.7. The van der Waals surface area contributed by atoms with Gasteiger partial charge in [-0.05, 0) is 25.1 Å². The lowest BCUT2D eigenvalue weighted by molar-refractivity contribution is -0.116. The maximum absolute atomic E-state index is 13.0. The Morgan fingerprint density at radius 2 is 2.20 bits per heavy atom. The van der Waals surface area contributed by atoms with Crippen LogP contribution in [0.5, 0.6) is 0 Å². The Kier molecular flexibility index (Phi) is 3.79. The Morgan fingerprint density at radius 3 is 2.85 bits per heavy atom. The molecule has 0 fully saturated rings. The SMILES string of the molecule is Cc1cc(=O)n(CC(=O)Nc2ccc(F)c(N)c2)cn1. The van der Waals surface area contributed by atoms with Crippen LogP contribution in [0.1, 0.15) is 5.69 Å². The van der Waals surface area contributed by atoms with Crippen molar-refractivity contribution in [1.29, 1.82) is 0 Å². The molecule has 20 heavy (non-hydrogen) atoms. The van der Waals surface area contributed by atoms with Crippen LogP contribution in [0.25, 0.3) is 0 Å². The van der Waals surface area contributed by atoms with Crippen LogP contribution in [0, 0.1) is 12.7 Å². The normalized spacial score (nSPS) is 10.3. The minimum Gasteiger partial charge on any atom is -0.396 e. The first-order chi connectivity index (χ1) is 9.45. The monoisotopic (exact) mass is 276 g/mol. The summed E-state index contributed by atoms with van der Waals surface area (Å²) in [5, 5.41) is 2.53. The highest BCUT2D eigenvalue weighted by atomic mass is 19.1. The van der Waals surface area contributed by atoms with Gasteiger partial charge in [-0.15, -0.1) is 0 Å². The quantitative estimate of drug-likeness (QED) is 0.815. The summed E-state index contributed by atoms with van der Waals surface area (Å²) in [5.74, 6) is -0.981. The Labute approximate surface area is 114 Å². The highest BCUT2D eigenvalue weighted by Crippen LogP contribution is 2.16. The zero-order chi connectivity index (χ0) is 14.7. The average Bonchev–Trinajstić information content (AvgIpc) is 2.37. The van der Waals surface area contributed by atoms with Gasteiger partial charge < -0.3 is 11.1 Å². The summed E-state index contributed by atoms with van der Waals surface area (Å²) in [5.41, 5.74) is 5.97. The fraction of sp³-hybridized carbons (Fsp3) is 0.154. The lowest BCUT2D eigenvalue weighted by Crippen LogP contribution is -2.27. The van der Waals surface area contributed by atoms with Crippen molar-refractivity contribution in [2.45, 2.75) is 13.5 Å². The van der Waals surface area contributed by atoms with Crippen molar-refractivity contribution in [2.24, 2.45) is 0 Å². The summed E-state index contributed by atoms with van der Waals surface area (Å²) >= 11 is 0. The molecule has 0 unspecified atom stereocenters. The van der Waals surface area contributed by atoms with Crippen LogP contribution in [0.15, 0.2) is 35.4 Å². The summed E-state index contributed by atoms with van der Waals surface area (Å²) in [7, 11) is 0. The molecule has 6 nitrogen and oxygen atoms in total. The molecule has 0 aliphatic carbocycles. The first-order valence-corrected chi connectivity index (χ1v) is 5.83. The van der Waals surface area contributed by atoms with Gasteiger partial charge in [0.2, 0.25) is 5.91 Å². The van der Waals surface area contributed by atoms with Crippen molar-refractivity contribution < 1.29 is 9.18 Å². The average molecular weight is 276 g/mol. The van der Waals surface area contributed by atoms with Gasteiger partial charge in [-0.2, -0.15) is 0 Å². The van der Waals surface area contributed by atoms with E-state index in [2.05, 4.69) is 10.3 Å². The number of carbonyl (C=O) groups excluding carboxylic acids is 1. The minimum absolute atomic E-state index is 0.0584. The molecule has 7 heteroatoms. The summed E-state index contributed by atoms with van der Waals surface area (Å²) in [6.07, 6.45) is 1.30. The highest BCUT2D eigenvalue weighted by Gasteiger charge is 2.07. The number of nitrogens with two attached hydrogens (primary N) is 1. The number of hydrogen-bond donors (Lipinski definition) is 2. The molecule has 2 aromatic rings. The Balaban J connectivity index is 2.09. The maximum atomic E-state index is 13.0. The number of carbonyl (C=O) groups is 1. The summed E-state index contributed by atoms with van der Waals surface area (Å²) in [6, 6.07) is 5.19. The van der Waals surface area contributed by atoms with E-state index in [-0.39, 0.29) is 17.8 Å². The minimum atomic E-state index is -0.554. The molecule has 1 aromatic heterocycles. The van der Waals surface area contributed by atoms with E-state index < -0.39 is 11.7 Å². The molecule has 0 aliphatic rings. The molecular weight excluding hydrogens is 263 g/mol. The molecule has 1 heterocycles.